The third kappa shape index (κ3) is 3.72. The van der Waals surface area contributed by atoms with E-state index in [0.717, 1.165) is 17.7 Å². The third-order valence-corrected chi connectivity index (χ3v) is 6.18. The van der Waals surface area contributed by atoms with Crippen LogP contribution < -0.4 is 5.32 Å². The average Bonchev–Trinajstić information content (AvgIpc) is 3.01. The number of rotatable bonds is 5. The van der Waals surface area contributed by atoms with E-state index in [0.29, 0.717) is 11.6 Å². The van der Waals surface area contributed by atoms with Crippen molar-refractivity contribution < 1.29 is 9.53 Å². The number of anilines is 1. The molecule has 2 aliphatic heterocycles. The van der Waals surface area contributed by atoms with E-state index in [1.54, 1.807) is 11.8 Å². The highest BCUT2D eigenvalue weighted by atomic mass is 35.5. The van der Waals surface area contributed by atoms with Crippen molar-refractivity contribution in [3.05, 3.63) is 63.6 Å². The molecule has 1 aromatic rings. The fourth-order valence-corrected chi connectivity index (χ4v) is 5.36. The summed E-state index contributed by atoms with van der Waals surface area (Å²) in [7, 11) is 0. The van der Waals surface area contributed by atoms with Crippen LogP contribution in [0, 0.1) is 12.8 Å². The van der Waals surface area contributed by atoms with Crippen molar-refractivity contribution >= 4 is 35.0 Å². The smallest absolute Gasteiger partial charge is 0.329 e. The molecule has 0 amide bonds. The lowest BCUT2D eigenvalue weighted by Gasteiger charge is -2.37. The van der Waals surface area contributed by atoms with Crippen molar-refractivity contribution in [2.24, 2.45) is 5.92 Å². The fraction of sp³-hybridized carbons (Fsp3) is 0.381. The van der Waals surface area contributed by atoms with E-state index in [-0.39, 0.29) is 17.1 Å². The Morgan fingerprint density at radius 1 is 1.38 bits per heavy atom. The molecule has 2 heterocycles. The number of carbonyl (C=O) groups is 1. The number of fused-ring (bicyclic) bond motifs is 3. The maximum atomic E-state index is 12.7. The third-order valence-electron chi connectivity index (χ3n) is 4.73. The summed E-state index contributed by atoms with van der Waals surface area (Å²) >= 11 is 8.02. The van der Waals surface area contributed by atoms with Gasteiger partial charge in [0.05, 0.1) is 6.61 Å². The van der Waals surface area contributed by atoms with Gasteiger partial charge in [-0.15, -0.1) is 11.8 Å². The van der Waals surface area contributed by atoms with E-state index in [4.69, 9.17) is 16.3 Å². The first-order valence-corrected chi connectivity index (χ1v) is 10.2. The lowest BCUT2D eigenvalue weighted by atomic mass is 9.80. The molecule has 0 fully saturated rings. The number of aryl methyl sites for hydroxylation is 1. The van der Waals surface area contributed by atoms with E-state index in [9.17, 15) is 4.79 Å². The van der Waals surface area contributed by atoms with E-state index in [1.165, 1.54) is 11.1 Å². The van der Waals surface area contributed by atoms with Crippen LogP contribution in [0.5, 0.6) is 0 Å². The van der Waals surface area contributed by atoms with Crippen LogP contribution in [0.3, 0.4) is 0 Å². The number of hydrogen-bond donors (Lipinski definition) is 1. The molecule has 3 rings (SSSR count). The first kappa shape index (κ1) is 19.1. The summed E-state index contributed by atoms with van der Waals surface area (Å²) in [6.07, 6.45) is 9.32. The topological polar surface area (TPSA) is 38.3 Å². The number of halogens is 1. The summed E-state index contributed by atoms with van der Waals surface area (Å²) < 4.78 is 5.35. The normalized spacial score (nSPS) is 24.3. The van der Waals surface area contributed by atoms with Gasteiger partial charge in [-0.2, -0.15) is 0 Å². The minimum absolute atomic E-state index is 0.0493. The van der Waals surface area contributed by atoms with Gasteiger partial charge in [-0.3, -0.25) is 0 Å². The molecule has 0 aromatic heterocycles. The Kier molecular flexibility index (Phi) is 6.15. The van der Waals surface area contributed by atoms with Crippen LogP contribution in [-0.4, -0.2) is 18.6 Å². The highest BCUT2D eigenvalue weighted by Gasteiger charge is 2.45. The number of esters is 1. The molecule has 26 heavy (non-hydrogen) atoms. The van der Waals surface area contributed by atoms with Crippen LogP contribution in [-0.2, 0) is 9.53 Å². The zero-order valence-corrected chi connectivity index (χ0v) is 16.9. The van der Waals surface area contributed by atoms with Gasteiger partial charge in [0.25, 0.3) is 0 Å². The van der Waals surface area contributed by atoms with Crippen LogP contribution in [0.1, 0.15) is 36.6 Å². The second-order valence-electron chi connectivity index (χ2n) is 6.47. The number of allylic oxidation sites excluding steroid dienone is 4. The van der Waals surface area contributed by atoms with Crippen LogP contribution in [0.2, 0.25) is 5.02 Å². The Bertz CT molecular complexity index is 784. The predicted molar refractivity (Wildman–Crippen MR) is 111 cm³/mol. The summed E-state index contributed by atoms with van der Waals surface area (Å²) in [6, 6.07) is 3.50. The first-order valence-electron chi connectivity index (χ1n) is 8.93. The van der Waals surface area contributed by atoms with Crippen molar-refractivity contribution in [2.45, 2.75) is 38.5 Å². The second-order valence-corrected chi connectivity index (χ2v) is 7.92. The molecule has 3 atom stereocenters. The summed E-state index contributed by atoms with van der Waals surface area (Å²) in [5, 5.41) is 6.46. The summed E-state index contributed by atoms with van der Waals surface area (Å²) in [4.78, 5) is 12.7. The number of hydrogen-bond acceptors (Lipinski definition) is 4. The number of thioether (sulfide) groups is 1. The van der Waals surface area contributed by atoms with Gasteiger partial charge in [0.1, 0.15) is 6.04 Å². The van der Waals surface area contributed by atoms with E-state index >= 15 is 0 Å². The SMILES string of the molecule is C/C=C\CC=CC1=CSC2c3c(C)cc(Cl)cc3NC(C(=O)OCC)C12. The van der Waals surface area contributed by atoms with Gasteiger partial charge in [-0.25, -0.2) is 4.79 Å². The molecule has 1 N–H and O–H groups in total. The average molecular weight is 390 g/mol. The standard InChI is InChI=1S/C21H24ClNO2S/c1-4-6-7-8-9-14-12-26-20-17-13(3)10-15(22)11-16(17)23-19(18(14)20)21(24)25-5-2/h4,6,8-12,18-20,23H,5,7H2,1-3H3/b6-4-,9-8?. The van der Waals surface area contributed by atoms with Gasteiger partial charge in [-0.05, 0) is 61.4 Å². The molecular weight excluding hydrogens is 366 g/mol. The number of ether oxygens (including phenoxy) is 1. The number of benzene rings is 1. The maximum Gasteiger partial charge on any atom is 0.329 e. The lowest BCUT2D eigenvalue weighted by molar-refractivity contribution is -0.145. The monoisotopic (exact) mass is 389 g/mol. The van der Waals surface area contributed by atoms with Gasteiger partial charge in [0.2, 0.25) is 0 Å². The van der Waals surface area contributed by atoms with Gasteiger partial charge >= 0.3 is 5.97 Å². The van der Waals surface area contributed by atoms with Gasteiger partial charge in [0, 0.05) is 21.9 Å². The first-order chi connectivity index (χ1) is 12.6. The Morgan fingerprint density at radius 3 is 2.92 bits per heavy atom. The van der Waals surface area contributed by atoms with Gasteiger partial charge in [-0.1, -0.05) is 35.9 Å². The highest BCUT2D eigenvalue weighted by molar-refractivity contribution is 8.02. The minimum Gasteiger partial charge on any atom is -0.464 e. The molecule has 0 saturated carbocycles. The summed E-state index contributed by atoms with van der Waals surface area (Å²) in [5.74, 6) is -0.158. The molecule has 0 aliphatic carbocycles. The lowest BCUT2D eigenvalue weighted by Crippen LogP contribution is -2.43. The van der Waals surface area contributed by atoms with E-state index < -0.39 is 6.04 Å². The molecule has 2 aliphatic rings. The highest BCUT2D eigenvalue weighted by Crippen LogP contribution is 2.55. The Hall–Kier alpha value is -1.65. The molecule has 3 unspecified atom stereocenters. The maximum absolute atomic E-state index is 12.7. The molecule has 5 heteroatoms. The Morgan fingerprint density at radius 2 is 2.19 bits per heavy atom. The molecule has 0 bridgehead atoms. The molecule has 3 nitrogen and oxygen atoms in total. The molecule has 1 aromatic carbocycles. The Labute approximate surface area is 164 Å². The molecule has 0 radical (unpaired) electrons. The predicted octanol–water partition coefficient (Wildman–Crippen LogP) is 5.82. The van der Waals surface area contributed by atoms with Crippen LogP contribution in [0.15, 0.2) is 47.4 Å². The zero-order chi connectivity index (χ0) is 18.7. The van der Waals surface area contributed by atoms with Crippen molar-refractivity contribution in [3.63, 3.8) is 0 Å². The Balaban J connectivity index is 1.97. The summed E-state index contributed by atoms with van der Waals surface area (Å²) in [5.41, 5.74) is 4.50. The summed E-state index contributed by atoms with van der Waals surface area (Å²) in [6.45, 7) is 6.30. The van der Waals surface area contributed by atoms with Crippen molar-refractivity contribution in [1.82, 2.24) is 0 Å². The van der Waals surface area contributed by atoms with Crippen molar-refractivity contribution in [3.8, 4) is 0 Å². The fourth-order valence-electron chi connectivity index (χ4n) is 3.62. The van der Waals surface area contributed by atoms with Crippen LogP contribution in [0.25, 0.3) is 0 Å². The largest absolute Gasteiger partial charge is 0.464 e. The number of nitrogens with one attached hydrogen (secondary N) is 1. The van der Waals surface area contributed by atoms with Gasteiger partial charge < -0.3 is 10.1 Å². The van der Waals surface area contributed by atoms with Crippen LogP contribution in [0.4, 0.5) is 5.69 Å². The molecular formula is C21H24ClNO2S. The van der Waals surface area contributed by atoms with Crippen molar-refractivity contribution in [1.29, 1.82) is 0 Å². The van der Waals surface area contributed by atoms with Crippen LogP contribution >= 0.6 is 23.4 Å². The van der Waals surface area contributed by atoms with Crippen molar-refractivity contribution in [2.75, 3.05) is 11.9 Å². The second kappa shape index (κ2) is 8.36. The van der Waals surface area contributed by atoms with Gasteiger partial charge in [0.15, 0.2) is 0 Å². The molecule has 138 valence electrons. The quantitative estimate of drug-likeness (QED) is 0.509. The number of carbonyl (C=O) groups excluding carboxylic acids is 1. The minimum atomic E-state index is -0.405. The van der Waals surface area contributed by atoms with E-state index in [1.807, 2.05) is 32.1 Å². The molecule has 0 saturated heterocycles. The van der Waals surface area contributed by atoms with E-state index in [2.05, 4.69) is 35.9 Å². The molecule has 0 spiro atoms. The zero-order valence-electron chi connectivity index (χ0n) is 15.3.